The van der Waals surface area contributed by atoms with Gasteiger partial charge >= 0.3 is 11.9 Å². The molecule has 9 nitrogen and oxygen atoms in total. The zero-order chi connectivity index (χ0) is 31.0. The summed E-state index contributed by atoms with van der Waals surface area (Å²) in [5.74, 6) is -2.30. The van der Waals surface area contributed by atoms with Crippen LogP contribution in [0.25, 0.3) is 22.0 Å². The first-order chi connectivity index (χ1) is 20.2. The van der Waals surface area contributed by atoms with Gasteiger partial charge in [0.05, 0.1) is 41.0 Å². The smallest absolute Gasteiger partial charge is 0.379 e. The van der Waals surface area contributed by atoms with Crippen molar-refractivity contribution in [1.29, 1.82) is 0 Å². The van der Waals surface area contributed by atoms with Crippen molar-refractivity contribution in [2.75, 3.05) is 50.2 Å². The molecule has 0 aliphatic carbocycles. The van der Waals surface area contributed by atoms with Crippen molar-refractivity contribution in [2.24, 2.45) is 0 Å². The van der Waals surface area contributed by atoms with Crippen molar-refractivity contribution in [3.63, 3.8) is 0 Å². The van der Waals surface area contributed by atoms with E-state index in [9.17, 15) is 30.8 Å². The number of thioether (sulfide) groups is 1. The quantitative estimate of drug-likeness (QED) is 0.334. The number of aromatic nitrogens is 2. The maximum absolute atomic E-state index is 15.2. The molecule has 0 amide bonds. The lowest BCUT2D eigenvalue weighted by molar-refractivity contribution is -0.137. The second-order valence-electron chi connectivity index (χ2n) is 10.7. The van der Waals surface area contributed by atoms with E-state index in [1.165, 1.54) is 16.0 Å². The Labute approximate surface area is 252 Å². The number of hydrogen-bond acceptors (Lipinski definition) is 8. The van der Waals surface area contributed by atoms with Gasteiger partial charge in [0, 0.05) is 72.6 Å². The summed E-state index contributed by atoms with van der Waals surface area (Å²) in [6.45, 7) is 0.751. The summed E-state index contributed by atoms with van der Waals surface area (Å²) in [6.07, 6.45) is -4.53. The van der Waals surface area contributed by atoms with Crippen LogP contribution in [0.4, 0.5) is 27.8 Å². The number of ether oxygens (including phenoxy) is 1. The molecule has 3 aliphatic rings. The molecular weight excluding hydrogens is 641 g/mol. The van der Waals surface area contributed by atoms with Gasteiger partial charge in [0.2, 0.25) is 10.0 Å². The van der Waals surface area contributed by atoms with Crippen LogP contribution in [0, 0.1) is 11.6 Å². The minimum atomic E-state index is -5.01. The highest BCUT2D eigenvalue weighted by atomic mass is 35.5. The van der Waals surface area contributed by atoms with Gasteiger partial charge in [-0.2, -0.15) is 22.5 Å². The third-order valence-corrected chi connectivity index (χ3v) is 10.8. The van der Waals surface area contributed by atoms with Crippen LogP contribution < -0.4 is 15.9 Å². The molecule has 43 heavy (non-hydrogen) atoms. The monoisotopic (exact) mass is 665 g/mol. The minimum Gasteiger partial charge on any atom is -0.379 e. The van der Waals surface area contributed by atoms with E-state index in [0.29, 0.717) is 12.6 Å². The van der Waals surface area contributed by atoms with E-state index < -0.39 is 67.4 Å². The maximum Gasteiger partial charge on any atom is 0.417 e. The number of methoxy groups -OCH3 is 1. The number of anilines is 1. The molecule has 4 heterocycles. The SMILES string of the molecule is CO[C@@H]1CSc2c(-c3cc(Cl)c(F)cc3F)c(C(F)(F)F)cc3c(N4CCNC5CN(S(C)(=O)=O)CC54)nc(=O)n(c23)C1. The minimum absolute atomic E-state index is 0.0120. The number of fused-ring (bicyclic) bond motifs is 1. The summed E-state index contributed by atoms with van der Waals surface area (Å²) in [7, 11) is -2.17. The lowest BCUT2D eigenvalue weighted by atomic mass is 9.95. The molecule has 2 saturated heterocycles. The van der Waals surface area contributed by atoms with Gasteiger partial charge in [0.1, 0.15) is 17.5 Å². The standard InChI is InChI=1S/C26H25ClF5N5O4S2/c1-41-12-8-37-22-14(24(34-25(37)38)36-4-3-33-19-9-35(10-20(19)36)43(2,39)40)5-15(26(30,31)32)21(23(22)42-11-12)13-6-16(27)18(29)7-17(13)28/h5-7,12,19-20,33H,3-4,8-11H2,1-2H3/t12-,19?,20?/m0/s1. The van der Waals surface area contributed by atoms with E-state index in [0.717, 1.165) is 30.2 Å². The highest BCUT2D eigenvalue weighted by Crippen LogP contribution is 2.49. The Morgan fingerprint density at radius 1 is 1.14 bits per heavy atom. The van der Waals surface area contributed by atoms with Crippen LogP contribution >= 0.6 is 23.4 Å². The lowest BCUT2D eigenvalue weighted by Crippen LogP contribution is -2.58. The van der Waals surface area contributed by atoms with Gasteiger partial charge in [-0.3, -0.25) is 4.57 Å². The molecule has 17 heteroatoms. The van der Waals surface area contributed by atoms with Gasteiger partial charge in [-0.1, -0.05) is 11.6 Å². The van der Waals surface area contributed by atoms with Crippen molar-refractivity contribution < 1.29 is 35.1 Å². The number of alkyl halides is 3. The average molecular weight is 666 g/mol. The summed E-state index contributed by atoms with van der Waals surface area (Å²) < 4.78 is 107. The number of nitrogens with zero attached hydrogens (tertiary/aromatic N) is 4. The van der Waals surface area contributed by atoms with E-state index in [2.05, 4.69) is 10.3 Å². The molecule has 1 N–H and O–H groups in total. The molecule has 3 atom stereocenters. The van der Waals surface area contributed by atoms with Crippen molar-refractivity contribution in [2.45, 2.75) is 35.8 Å². The Morgan fingerprint density at radius 3 is 2.56 bits per heavy atom. The lowest BCUT2D eigenvalue weighted by Gasteiger charge is -2.39. The number of piperazine rings is 1. The first-order valence-electron chi connectivity index (χ1n) is 13.1. The van der Waals surface area contributed by atoms with Crippen molar-refractivity contribution in [1.82, 2.24) is 19.2 Å². The van der Waals surface area contributed by atoms with Gasteiger partial charge in [-0.25, -0.2) is 22.0 Å². The Bertz CT molecular complexity index is 1810. The summed E-state index contributed by atoms with van der Waals surface area (Å²) in [5, 5.41) is 2.67. The fourth-order valence-corrected chi connectivity index (χ4v) is 8.37. The molecule has 2 aromatic carbocycles. The Balaban J connectivity index is 1.68. The van der Waals surface area contributed by atoms with Crippen molar-refractivity contribution >= 4 is 50.1 Å². The molecule has 3 aromatic rings. The summed E-state index contributed by atoms with van der Waals surface area (Å²) >= 11 is 6.87. The maximum atomic E-state index is 15.2. The van der Waals surface area contributed by atoms with E-state index >= 15 is 4.39 Å². The Hall–Kier alpha value is -2.50. The fourth-order valence-electron chi connectivity index (χ4n) is 6.04. The molecule has 0 radical (unpaired) electrons. The van der Waals surface area contributed by atoms with Crippen LogP contribution in [0.2, 0.25) is 5.02 Å². The molecule has 1 aromatic heterocycles. The summed E-state index contributed by atoms with van der Waals surface area (Å²) in [5.41, 5.74) is -3.03. The fraction of sp³-hybridized carbons (Fsp3) is 0.462. The predicted octanol–water partition coefficient (Wildman–Crippen LogP) is 3.56. The average Bonchev–Trinajstić information content (AvgIpc) is 3.29. The third-order valence-electron chi connectivity index (χ3n) is 8.07. The van der Waals surface area contributed by atoms with Crippen LogP contribution in [0.15, 0.2) is 27.9 Å². The van der Waals surface area contributed by atoms with Gasteiger partial charge in [0.25, 0.3) is 0 Å². The van der Waals surface area contributed by atoms with Crippen LogP contribution in [-0.4, -0.2) is 85.8 Å². The van der Waals surface area contributed by atoms with Crippen molar-refractivity contribution in [3.05, 3.63) is 50.9 Å². The summed E-state index contributed by atoms with van der Waals surface area (Å²) in [6, 6.07) is 1.18. The third kappa shape index (κ3) is 5.29. The van der Waals surface area contributed by atoms with Gasteiger partial charge in [-0.05, 0) is 12.1 Å². The second kappa shape index (κ2) is 10.8. The van der Waals surface area contributed by atoms with Crippen LogP contribution in [0.1, 0.15) is 5.56 Å². The molecule has 0 saturated carbocycles. The molecule has 0 spiro atoms. The van der Waals surface area contributed by atoms with Crippen LogP contribution in [0.5, 0.6) is 0 Å². The molecule has 6 rings (SSSR count). The predicted molar refractivity (Wildman–Crippen MR) is 152 cm³/mol. The highest BCUT2D eigenvalue weighted by Gasteiger charge is 2.44. The topological polar surface area (TPSA) is 96.8 Å². The molecule has 0 bridgehead atoms. The molecule has 3 aliphatic heterocycles. The number of nitrogens with one attached hydrogen (secondary N) is 1. The number of rotatable bonds is 4. The van der Waals surface area contributed by atoms with E-state index in [-0.39, 0.29) is 59.6 Å². The molecule has 2 unspecified atom stereocenters. The normalized spacial score (nSPS) is 23.1. The first kappa shape index (κ1) is 30.5. The molecule has 2 fully saturated rings. The second-order valence-corrected chi connectivity index (χ2v) is 14.1. The van der Waals surface area contributed by atoms with Gasteiger partial charge in [0.15, 0.2) is 0 Å². The van der Waals surface area contributed by atoms with Gasteiger partial charge in [-0.15, -0.1) is 11.8 Å². The molecular formula is C26H25ClF5N5O4S2. The van der Waals surface area contributed by atoms with Gasteiger partial charge < -0.3 is 15.0 Å². The number of hydrogen-bond donors (Lipinski definition) is 1. The van der Waals surface area contributed by atoms with E-state index in [1.54, 1.807) is 4.90 Å². The van der Waals surface area contributed by atoms with Crippen LogP contribution in [0.3, 0.4) is 0 Å². The largest absolute Gasteiger partial charge is 0.417 e. The van der Waals surface area contributed by atoms with Crippen molar-refractivity contribution in [3.8, 4) is 11.1 Å². The number of halogens is 6. The van der Waals surface area contributed by atoms with E-state index in [1.807, 2.05) is 0 Å². The first-order valence-corrected chi connectivity index (χ1v) is 16.3. The highest BCUT2D eigenvalue weighted by molar-refractivity contribution is 7.99. The zero-order valence-electron chi connectivity index (χ0n) is 22.7. The number of benzene rings is 2. The Morgan fingerprint density at radius 2 is 1.88 bits per heavy atom. The molecule has 232 valence electrons. The van der Waals surface area contributed by atoms with Crippen LogP contribution in [-0.2, 0) is 27.5 Å². The van der Waals surface area contributed by atoms with E-state index in [4.69, 9.17) is 16.3 Å². The number of sulfonamides is 1. The summed E-state index contributed by atoms with van der Waals surface area (Å²) in [4.78, 5) is 19.5. The Kier molecular flexibility index (Phi) is 7.69. The zero-order valence-corrected chi connectivity index (χ0v) is 25.1.